The molecule has 7 heteroatoms. The molecule has 0 bridgehead atoms. The predicted molar refractivity (Wildman–Crippen MR) is 72.9 cm³/mol. The van der Waals surface area contributed by atoms with Gasteiger partial charge in [-0.2, -0.15) is 10.1 Å². The molecule has 2 N–H and O–H groups in total. The molecule has 5 nitrogen and oxygen atoms in total. The molecule has 20 heavy (non-hydrogen) atoms. The van der Waals surface area contributed by atoms with Crippen LogP contribution < -0.4 is 10.6 Å². The third kappa shape index (κ3) is 3.84. The monoisotopic (exact) mass is 279 g/mol. The largest absolute Gasteiger partial charge is 0.369 e. The number of unbranched alkanes of at least 4 members (excludes halogenated alkanes) is 1. The molecule has 0 atom stereocenters. The highest BCUT2D eigenvalue weighted by molar-refractivity contribution is 5.54. The minimum absolute atomic E-state index is 0.220. The van der Waals surface area contributed by atoms with E-state index in [4.69, 9.17) is 0 Å². The molecule has 106 valence electrons. The van der Waals surface area contributed by atoms with Crippen molar-refractivity contribution in [2.75, 3.05) is 17.2 Å². The highest BCUT2D eigenvalue weighted by Gasteiger charge is 2.05. The third-order valence-electron chi connectivity index (χ3n) is 2.57. The first-order valence-corrected chi connectivity index (χ1v) is 6.34. The average molecular weight is 279 g/mol. The molecule has 0 aliphatic carbocycles. The SMILES string of the molecule is CCCCNc1cnnc(Nc2ccc(F)c(F)c2)n1. The van der Waals surface area contributed by atoms with Crippen molar-refractivity contribution in [3.8, 4) is 0 Å². The van der Waals surface area contributed by atoms with Crippen molar-refractivity contribution in [2.24, 2.45) is 0 Å². The Kier molecular flexibility index (Phi) is 4.75. The van der Waals surface area contributed by atoms with Gasteiger partial charge in [-0.25, -0.2) is 8.78 Å². The van der Waals surface area contributed by atoms with E-state index in [2.05, 4.69) is 32.7 Å². The van der Waals surface area contributed by atoms with Crippen molar-refractivity contribution >= 4 is 17.5 Å². The average Bonchev–Trinajstić information content (AvgIpc) is 2.44. The number of anilines is 3. The van der Waals surface area contributed by atoms with Gasteiger partial charge in [-0.3, -0.25) is 0 Å². The Balaban J connectivity index is 2.05. The molecular weight excluding hydrogens is 264 g/mol. The number of halogens is 2. The minimum Gasteiger partial charge on any atom is -0.369 e. The summed E-state index contributed by atoms with van der Waals surface area (Å²) in [4.78, 5) is 4.18. The lowest BCUT2D eigenvalue weighted by atomic mass is 10.3. The van der Waals surface area contributed by atoms with Crippen LogP contribution in [0.2, 0.25) is 0 Å². The fourth-order valence-corrected chi connectivity index (χ4v) is 1.54. The molecule has 0 saturated carbocycles. The van der Waals surface area contributed by atoms with Crippen molar-refractivity contribution in [3.05, 3.63) is 36.0 Å². The van der Waals surface area contributed by atoms with Gasteiger partial charge in [0.15, 0.2) is 17.5 Å². The highest BCUT2D eigenvalue weighted by atomic mass is 19.2. The maximum absolute atomic E-state index is 13.1. The van der Waals surface area contributed by atoms with Crippen LogP contribution in [0, 0.1) is 11.6 Å². The molecule has 1 heterocycles. The molecule has 0 fully saturated rings. The van der Waals surface area contributed by atoms with Crippen LogP contribution >= 0.6 is 0 Å². The van der Waals surface area contributed by atoms with Gasteiger partial charge in [0.25, 0.3) is 0 Å². The number of nitrogens with zero attached hydrogens (tertiary/aromatic N) is 3. The van der Waals surface area contributed by atoms with Crippen molar-refractivity contribution in [3.63, 3.8) is 0 Å². The standard InChI is InChI=1S/C13H15F2N5/c1-2-3-6-16-12-8-17-20-13(19-12)18-9-4-5-10(14)11(15)7-9/h4-5,7-8H,2-3,6H2,1H3,(H2,16,18,19,20). The van der Waals surface area contributed by atoms with E-state index in [1.165, 1.54) is 12.3 Å². The van der Waals surface area contributed by atoms with Crippen molar-refractivity contribution in [1.82, 2.24) is 15.2 Å². The number of hydrogen-bond donors (Lipinski definition) is 2. The second kappa shape index (κ2) is 6.74. The molecule has 2 rings (SSSR count). The zero-order chi connectivity index (χ0) is 14.4. The van der Waals surface area contributed by atoms with Crippen LogP contribution in [0.1, 0.15) is 19.8 Å². The number of rotatable bonds is 6. The molecular formula is C13H15F2N5. The van der Waals surface area contributed by atoms with Gasteiger partial charge in [0.2, 0.25) is 5.95 Å². The molecule has 0 spiro atoms. The summed E-state index contributed by atoms with van der Waals surface area (Å²) in [6.45, 7) is 2.88. The number of benzene rings is 1. The molecule has 0 aliphatic heterocycles. The molecule has 2 aromatic rings. The maximum Gasteiger partial charge on any atom is 0.249 e. The first kappa shape index (κ1) is 14.1. The molecule has 0 unspecified atom stereocenters. The minimum atomic E-state index is -0.930. The van der Waals surface area contributed by atoms with E-state index in [-0.39, 0.29) is 5.95 Å². The van der Waals surface area contributed by atoms with Gasteiger partial charge in [0.05, 0.1) is 6.20 Å². The van der Waals surface area contributed by atoms with E-state index in [0.29, 0.717) is 11.5 Å². The topological polar surface area (TPSA) is 62.7 Å². The van der Waals surface area contributed by atoms with Gasteiger partial charge in [-0.1, -0.05) is 13.3 Å². The fraction of sp³-hybridized carbons (Fsp3) is 0.308. The Hall–Kier alpha value is -2.31. The maximum atomic E-state index is 13.1. The van der Waals surface area contributed by atoms with Gasteiger partial charge < -0.3 is 10.6 Å². The summed E-state index contributed by atoms with van der Waals surface area (Å²) in [6, 6.07) is 3.48. The molecule has 0 amide bonds. The lowest BCUT2D eigenvalue weighted by molar-refractivity contribution is 0.509. The Morgan fingerprint density at radius 1 is 1.20 bits per heavy atom. The summed E-state index contributed by atoms with van der Waals surface area (Å²) in [5.41, 5.74) is 0.358. The second-order valence-electron chi connectivity index (χ2n) is 4.20. The fourth-order valence-electron chi connectivity index (χ4n) is 1.54. The van der Waals surface area contributed by atoms with Crippen molar-refractivity contribution < 1.29 is 8.78 Å². The van der Waals surface area contributed by atoms with Gasteiger partial charge in [-0.15, -0.1) is 5.10 Å². The van der Waals surface area contributed by atoms with Crippen LogP contribution in [0.5, 0.6) is 0 Å². The second-order valence-corrected chi connectivity index (χ2v) is 4.20. The smallest absolute Gasteiger partial charge is 0.249 e. The lowest BCUT2D eigenvalue weighted by Crippen LogP contribution is -2.06. The van der Waals surface area contributed by atoms with E-state index in [0.717, 1.165) is 31.5 Å². The van der Waals surface area contributed by atoms with Crippen LogP contribution in [0.3, 0.4) is 0 Å². The van der Waals surface area contributed by atoms with E-state index in [1.807, 2.05) is 0 Å². The van der Waals surface area contributed by atoms with Crippen LogP contribution in [-0.2, 0) is 0 Å². The summed E-state index contributed by atoms with van der Waals surface area (Å²) >= 11 is 0. The first-order valence-electron chi connectivity index (χ1n) is 6.34. The number of aromatic nitrogens is 3. The summed E-state index contributed by atoms with van der Waals surface area (Å²) in [5, 5.41) is 13.5. The molecule has 0 saturated heterocycles. The van der Waals surface area contributed by atoms with Gasteiger partial charge in [-0.05, 0) is 18.6 Å². The van der Waals surface area contributed by atoms with Crippen LogP contribution in [0.25, 0.3) is 0 Å². The summed E-state index contributed by atoms with van der Waals surface area (Å²) < 4.78 is 25.9. The Morgan fingerprint density at radius 2 is 2.05 bits per heavy atom. The number of nitrogens with one attached hydrogen (secondary N) is 2. The number of hydrogen-bond acceptors (Lipinski definition) is 5. The van der Waals surface area contributed by atoms with Gasteiger partial charge >= 0.3 is 0 Å². The summed E-state index contributed by atoms with van der Waals surface area (Å²) in [6.07, 6.45) is 3.60. The van der Waals surface area contributed by atoms with E-state index in [1.54, 1.807) is 0 Å². The zero-order valence-electron chi connectivity index (χ0n) is 11.0. The highest BCUT2D eigenvalue weighted by Crippen LogP contribution is 2.16. The normalized spacial score (nSPS) is 10.3. The molecule has 0 aliphatic rings. The Morgan fingerprint density at radius 3 is 2.80 bits per heavy atom. The van der Waals surface area contributed by atoms with Crippen molar-refractivity contribution in [1.29, 1.82) is 0 Å². The predicted octanol–water partition coefficient (Wildman–Crippen LogP) is 3.11. The van der Waals surface area contributed by atoms with Crippen LogP contribution in [0.4, 0.5) is 26.2 Å². The van der Waals surface area contributed by atoms with Crippen LogP contribution in [-0.4, -0.2) is 21.7 Å². The molecule has 1 aromatic heterocycles. The summed E-state index contributed by atoms with van der Waals surface area (Å²) in [7, 11) is 0. The van der Waals surface area contributed by atoms with E-state index in [9.17, 15) is 8.78 Å². The van der Waals surface area contributed by atoms with E-state index < -0.39 is 11.6 Å². The third-order valence-corrected chi connectivity index (χ3v) is 2.57. The first-order chi connectivity index (χ1) is 9.69. The Labute approximate surface area is 115 Å². The summed E-state index contributed by atoms with van der Waals surface area (Å²) in [5.74, 6) is -1.03. The quantitative estimate of drug-likeness (QED) is 0.795. The lowest BCUT2D eigenvalue weighted by Gasteiger charge is -2.07. The van der Waals surface area contributed by atoms with Gasteiger partial charge in [0.1, 0.15) is 0 Å². The van der Waals surface area contributed by atoms with Crippen LogP contribution in [0.15, 0.2) is 24.4 Å². The van der Waals surface area contributed by atoms with Crippen molar-refractivity contribution in [2.45, 2.75) is 19.8 Å². The van der Waals surface area contributed by atoms with Gasteiger partial charge in [0, 0.05) is 18.3 Å². The molecule has 1 aromatic carbocycles. The zero-order valence-corrected chi connectivity index (χ0v) is 11.0. The van der Waals surface area contributed by atoms with E-state index >= 15 is 0 Å². The molecule has 0 radical (unpaired) electrons. The Bertz CT molecular complexity index is 576.